The summed E-state index contributed by atoms with van der Waals surface area (Å²) in [5, 5.41) is 3.03. The largest absolute Gasteiger partial charge is 0.489 e. The van der Waals surface area contributed by atoms with E-state index in [0.29, 0.717) is 12.5 Å². The predicted octanol–water partition coefficient (Wildman–Crippen LogP) is 4.59. The van der Waals surface area contributed by atoms with Crippen LogP contribution >= 0.6 is 0 Å². The standard InChI is InChI=1S/C22H30N2O2/c1-15(2)12-24-21(25)22(5,6)19-9-7-17(8-10-19)18-11-20(14-23-13-18)26-16(3)4/h7-11,13-16H,12H2,1-6H3,(H,24,25). The van der Waals surface area contributed by atoms with Crippen LogP contribution in [-0.4, -0.2) is 23.5 Å². The molecule has 1 aromatic heterocycles. The first-order valence-corrected chi connectivity index (χ1v) is 9.21. The number of hydrogen-bond donors (Lipinski definition) is 1. The number of benzene rings is 1. The summed E-state index contributed by atoms with van der Waals surface area (Å²) in [6.07, 6.45) is 3.66. The topological polar surface area (TPSA) is 51.2 Å². The minimum atomic E-state index is -0.575. The first kappa shape index (κ1) is 20.0. The van der Waals surface area contributed by atoms with Crippen molar-refractivity contribution in [3.63, 3.8) is 0 Å². The van der Waals surface area contributed by atoms with Crippen molar-refractivity contribution >= 4 is 5.91 Å². The lowest BCUT2D eigenvalue weighted by molar-refractivity contribution is -0.125. The summed E-state index contributed by atoms with van der Waals surface area (Å²) in [5.41, 5.74) is 2.46. The monoisotopic (exact) mass is 354 g/mol. The van der Waals surface area contributed by atoms with Crippen molar-refractivity contribution in [1.82, 2.24) is 10.3 Å². The molecule has 0 spiro atoms. The Bertz CT molecular complexity index is 734. The minimum absolute atomic E-state index is 0.0490. The van der Waals surface area contributed by atoms with Crippen molar-refractivity contribution < 1.29 is 9.53 Å². The molecule has 4 heteroatoms. The third-order valence-corrected chi connectivity index (χ3v) is 4.26. The lowest BCUT2D eigenvalue weighted by Crippen LogP contribution is -2.41. The quantitative estimate of drug-likeness (QED) is 0.791. The highest BCUT2D eigenvalue weighted by Gasteiger charge is 2.29. The maximum absolute atomic E-state index is 12.5. The van der Waals surface area contributed by atoms with E-state index in [4.69, 9.17) is 4.74 Å². The number of rotatable bonds is 7. The molecule has 26 heavy (non-hydrogen) atoms. The average Bonchev–Trinajstić information content (AvgIpc) is 2.59. The van der Waals surface area contributed by atoms with E-state index < -0.39 is 5.41 Å². The van der Waals surface area contributed by atoms with Gasteiger partial charge in [0.2, 0.25) is 5.91 Å². The molecule has 1 aromatic carbocycles. The maximum Gasteiger partial charge on any atom is 0.230 e. The number of nitrogens with one attached hydrogen (secondary N) is 1. The molecule has 0 saturated carbocycles. The number of carbonyl (C=O) groups is 1. The zero-order chi connectivity index (χ0) is 19.3. The van der Waals surface area contributed by atoms with Gasteiger partial charge in [0.15, 0.2) is 0 Å². The summed E-state index contributed by atoms with van der Waals surface area (Å²) in [4.78, 5) is 16.8. The molecule has 1 amide bonds. The number of nitrogens with zero attached hydrogens (tertiary/aromatic N) is 1. The fourth-order valence-corrected chi connectivity index (χ4v) is 2.64. The molecule has 0 unspecified atom stereocenters. The fraction of sp³-hybridized carbons (Fsp3) is 0.455. The van der Waals surface area contributed by atoms with E-state index in [1.807, 2.05) is 64.2 Å². The van der Waals surface area contributed by atoms with Crippen LogP contribution in [0.5, 0.6) is 5.75 Å². The Labute approximate surface area is 157 Å². The van der Waals surface area contributed by atoms with Gasteiger partial charge in [-0.15, -0.1) is 0 Å². The van der Waals surface area contributed by atoms with E-state index in [1.54, 1.807) is 6.20 Å². The molecule has 0 atom stereocenters. The third-order valence-electron chi connectivity index (χ3n) is 4.26. The van der Waals surface area contributed by atoms with Crippen molar-refractivity contribution in [1.29, 1.82) is 0 Å². The highest BCUT2D eigenvalue weighted by atomic mass is 16.5. The Morgan fingerprint density at radius 2 is 1.73 bits per heavy atom. The minimum Gasteiger partial charge on any atom is -0.489 e. The van der Waals surface area contributed by atoms with Crippen LogP contribution in [0, 0.1) is 5.92 Å². The lowest BCUT2D eigenvalue weighted by atomic mass is 9.83. The van der Waals surface area contributed by atoms with Crippen LogP contribution in [0.25, 0.3) is 11.1 Å². The molecule has 0 saturated heterocycles. The van der Waals surface area contributed by atoms with E-state index in [9.17, 15) is 4.79 Å². The van der Waals surface area contributed by atoms with E-state index in [0.717, 1.165) is 22.4 Å². The zero-order valence-electron chi connectivity index (χ0n) is 16.7. The highest BCUT2D eigenvalue weighted by molar-refractivity contribution is 5.87. The Hall–Kier alpha value is -2.36. The SMILES string of the molecule is CC(C)CNC(=O)C(C)(C)c1ccc(-c2cncc(OC(C)C)c2)cc1. The van der Waals surface area contributed by atoms with Gasteiger partial charge in [-0.05, 0) is 50.8 Å². The van der Waals surface area contributed by atoms with Crippen molar-refractivity contribution in [2.75, 3.05) is 6.54 Å². The smallest absolute Gasteiger partial charge is 0.230 e. The van der Waals surface area contributed by atoms with Gasteiger partial charge in [-0.25, -0.2) is 0 Å². The summed E-state index contributed by atoms with van der Waals surface area (Å²) in [6, 6.07) is 10.1. The van der Waals surface area contributed by atoms with Crippen LogP contribution in [0.15, 0.2) is 42.7 Å². The van der Waals surface area contributed by atoms with Gasteiger partial charge in [0.1, 0.15) is 5.75 Å². The molecule has 0 bridgehead atoms. The van der Waals surface area contributed by atoms with Gasteiger partial charge < -0.3 is 10.1 Å². The van der Waals surface area contributed by atoms with Crippen LogP contribution in [0.4, 0.5) is 0 Å². The second kappa shape index (κ2) is 8.35. The summed E-state index contributed by atoms with van der Waals surface area (Å²) >= 11 is 0. The molecule has 2 rings (SSSR count). The fourth-order valence-electron chi connectivity index (χ4n) is 2.64. The molecule has 1 heterocycles. The third kappa shape index (κ3) is 5.07. The first-order valence-electron chi connectivity index (χ1n) is 9.21. The number of ether oxygens (including phenoxy) is 1. The zero-order valence-corrected chi connectivity index (χ0v) is 16.7. The molecule has 2 aromatic rings. The number of aromatic nitrogens is 1. The van der Waals surface area contributed by atoms with E-state index in [2.05, 4.69) is 24.1 Å². The summed E-state index contributed by atoms with van der Waals surface area (Å²) < 4.78 is 5.72. The van der Waals surface area contributed by atoms with Gasteiger partial charge in [-0.1, -0.05) is 38.1 Å². The van der Waals surface area contributed by atoms with E-state index >= 15 is 0 Å². The molecule has 0 aliphatic rings. The van der Waals surface area contributed by atoms with Gasteiger partial charge in [0.25, 0.3) is 0 Å². The Morgan fingerprint density at radius 1 is 1.08 bits per heavy atom. The molecule has 0 fully saturated rings. The molecule has 4 nitrogen and oxygen atoms in total. The van der Waals surface area contributed by atoms with Gasteiger partial charge >= 0.3 is 0 Å². The normalized spacial score (nSPS) is 11.7. The van der Waals surface area contributed by atoms with Crippen LogP contribution in [0.2, 0.25) is 0 Å². The predicted molar refractivity (Wildman–Crippen MR) is 106 cm³/mol. The van der Waals surface area contributed by atoms with Gasteiger partial charge in [-0.3, -0.25) is 9.78 Å². The number of hydrogen-bond acceptors (Lipinski definition) is 3. The van der Waals surface area contributed by atoms with Crippen molar-refractivity contribution in [3.05, 3.63) is 48.3 Å². The van der Waals surface area contributed by atoms with Crippen LogP contribution < -0.4 is 10.1 Å². The Morgan fingerprint density at radius 3 is 2.31 bits per heavy atom. The number of pyridine rings is 1. The second-order valence-electron chi connectivity index (χ2n) is 7.88. The maximum atomic E-state index is 12.5. The van der Waals surface area contributed by atoms with Crippen LogP contribution in [0.3, 0.4) is 0 Å². The molecule has 1 N–H and O–H groups in total. The van der Waals surface area contributed by atoms with Crippen molar-refractivity contribution in [3.8, 4) is 16.9 Å². The van der Waals surface area contributed by atoms with Gasteiger partial charge in [0.05, 0.1) is 17.7 Å². The first-order chi connectivity index (χ1) is 12.2. The summed E-state index contributed by atoms with van der Waals surface area (Å²) in [6.45, 7) is 12.8. The lowest BCUT2D eigenvalue weighted by Gasteiger charge is -2.25. The number of carbonyl (C=O) groups excluding carboxylic acids is 1. The number of amides is 1. The Kier molecular flexibility index (Phi) is 6.41. The molecule has 0 aliphatic carbocycles. The van der Waals surface area contributed by atoms with Gasteiger partial charge in [0, 0.05) is 18.3 Å². The molecular formula is C22H30N2O2. The molecular weight excluding hydrogens is 324 g/mol. The van der Waals surface area contributed by atoms with Crippen LogP contribution in [-0.2, 0) is 10.2 Å². The van der Waals surface area contributed by atoms with Gasteiger partial charge in [-0.2, -0.15) is 0 Å². The van der Waals surface area contributed by atoms with Crippen molar-refractivity contribution in [2.45, 2.75) is 53.1 Å². The van der Waals surface area contributed by atoms with Crippen LogP contribution in [0.1, 0.15) is 47.1 Å². The summed E-state index contributed by atoms with van der Waals surface area (Å²) in [7, 11) is 0. The average molecular weight is 354 g/mol. The van der Waals surface area contributed by atoms with E-state index in [1.165, 1.54) is 0 Å². The van der Waals surface area contributed by atoms with E-state index in [-0.39, 0.29) is 12.0 Å². The highest BCUT2D eigenvalue weighted by Crippen LogP contribution is 2.28. The van der Waals surface area contributed by atoms with Crippen molar-refractivity contribution in [2.24, 2.45) is 5.92 Å². The molecule has 0 aliphatic heterocycles. The Balaban J connectivity index is 2.18. The summed E-state index contributed by atoms with van der Waals surface area (Å²) in [5.74, 6) is 1.24. The second-order valence-corrected chi connectivity index (χ2v) is 7.88. The molecule has 0 radical (unpaired) electrons. The molecule has 140 valence electrons.